The van der Waals surface area contributed by atoms with Gasteiger partial charge in [0.15, 0.2) is 0 Å². The molecule has 2 fully saturated rings. The minimum Gasteiger partial charge on any atom is -0.390 e. The van der Waals surface area contributed by atoms with Gasteiger partial charge >= 0.3 is 0 Å². The molecular formula is C27H38N6O4S. The summed E-state index contributed by atoms with van der Waals surface area (Å²) >= 11 is 1.55. The summed E-state index contributed by atoms with van der Waals surface area (Å²) in [6, 6.07) is 1.66. The van der Waals surface area contributed by atoms with E-state index in [1.54, 1.807) is 17.5 Å². The molecule has 206 valence electrons. The highest BCUT2D eigenvalue weighted by atomic mass is 32.1. The van der Waals surface area contributed by atoms with Crippen molar-refractivity contribution in [3.8, 4) is 10.6 Å². The van der Waals surface area contributed by atoms with Crippen LogP contribution in [0.5, 0.6) is 0 Å². The topological polar surface area (TPSA) is 146 Å². The molecule has 1 saturated heterocycles. The SMILES string of the molecule is CCC(O)(CC)[C@H]1C[C@@H](Nc2nc(NC3CCOCC3)nc(C)c2-c2nc3c(C)nccc3s2)[C@H](O)[C@@H]1O. The Hall–Kier alpha value is -2.44. The van der Waals surface area contributed by atoms with E-state index in [9.17, 15) is 15.3 Å². The first-order valence-corrected chi connectivity index (χ1v) is 14.4. The van der Waals surface area contributed by atoms with E-state index in [-0.39, 0.29) is 6.04 Å². The van der Waals surface area contributed by atoms with Gasteiger partial charge < -0.3 is 30.7 Å². The van der Waals surface area contributed by atoms with E-state index >= 15 is 0 Å². The third-order valence-corrected chi connectivity index (χ3v) is 9.31. The lowest BCUT2D eigenvalue weighted by atomic mass is 9.80. The van der Waals surface area contributed by atoms with Crippen LogP contribution in [0.2, 0.25) is 0 Å². The molecule has 5 N–H and O–H groups in total. The molecule has 1 aliphatic heterocycles. The van der Waals surface area contributed by atoms with E-state index in [1.165, 1.54) is 0 Å². The van der Waals surface area contributed by atoms with E-state index in [0.29, 0.717) is 44.2 Å². The van der Waals surface area contributed by atoms with Crippen molar-refractivity contribution in [2.75, 3.05) is 23.8 Å². The molecule has 4 heterocycles. The molecule has 1 aliphatic carbocycles. The van der Waals surface area contributed by atoms with Crippen LogP contribution >= 0.6 is 11.3 Å². The molecule has 1 saturated carbocycles. The van der Waals surface area contributed by atoms with Gasteiger partial charge in [-0.3, -0.25) is 4.98 Å². The Morgan fingerprint density at radius 2 is 1.76 bits per heavy atom. The number of rotatable bonds is 8. The Morgan fingerprint density at radius 1 is 1.03 bits per heavy atom. The maximum Gasteiger partial charge on any atom is 0.225 e. The molecule has 2 aliphatic rings. The van der Waals surface area contributed by atoms with Gasteiger partial charge in [-0.15, -0.1) is 11.3 Å². The average molecular weight is 543 g/mol. The Morgan fingerprint density at radius 3 is 2.45 bits per heavy atom. The summed E-state index contributed by atoms with van der Waals surface area (Å²) in [6.07, 6.45) is 2.84. The second-order valence-corrected chi connectivity index (χ2v) is 11.6. The van der Waals surface area contributed by atoms with Crippen LogP contribution < -0.4 is 10.6 Å². The van der Waals surface area contributed by atoms with Gasteiger partial charge in [0.05, 0.1) is 39.4 Å². The summed E-state index contributed by atoms with van der Waals surface area (Å²) in [5.74, 6) is 0.598. The van der Waals surface area contributed by atoms with Crippen LogP contribution in [0.4, 0.5) is 11.8 Å². The highest BCUT2D eigenvalue weighted by Crippen LogP contribution is 2.42. The second-order valence-electron chi connectivity index (χ2n) is 10.5. The van der Waals surface area contributed by atoms with Gasteiger partial charge in [0.1, 0.15) is 22.4 Å². The number of aryl methyl sites for hydroxylation is 2. The first kappa shape index (κ1) is 27.1. The zero-order chi connectivity index (χ0) is 27.0. The summed E-state index contributed by atoms with van der Waals surface area (Å²) < 4.78 is 6.51. The Bertz CT molecular complexity index is 1280. The largest absolute Gasteiger partial charge is 0.390 e. The minimum absolute atomic E-state index is 0.213. The van der Waals surface area contributed by atoms with Gasteiger partial charge in [-0.1, -0.05) is 13.8 Å². The highest BCUT2D eigenvalue weighted by molar-refractivity contribution is 7.21. The van der Waals surface area contributed by atoms with Crippen molar-refractivity contribution >= 4 is 33.3 Å². The second kappa shape index (κ2) is 11.0. The van der Waals surface area contributed by atoms with Crippen LogP contribution in [0.25, 0.3) is 20.8 Å². The van der Waals surface area contributed by atoms with E-state index < -0.39 is 29.8 Å². The number of aromatic nitrogens is 4. The van der Waals surface area contributed by atoms with Crippen molar-refractivity contribution in [2.24, 2.45) is 5.92 Å². The number of nitrogens with zero attached hydrogens (tertiary/aromatic N) is 4. The number of hydrogen-bond acceptors (Lipinski definition) is 11. The minimum atomic E-state index is -1.05. The van der Waals surface area contributed by atoms with Crippen molar-refractivity contribution in [1.29, 1.82) is 0 Å². The van der Waals surface area contributed by atoms with Crippen LogP contribution in [-0.4, -0.2) is 78.4 Å². The van der Waals surface area contributed by atoms with E-state index in [2.05, 4.69) is 15.6 Å². The predicted molar refractivity (Wildman–Crippen MR) is 148 cm³/mol. The fourth-order valence-electron chi connectivity index (χ4n) is 5.77. The van der Waals surface area contributed by atoms with Crippen LogP contribution in [0.1, 0.15) is 57.3 Å². The zero-order valence-corrected chi connectivity index (χ0v) is 23.3. The fraction of sp³-hybridized carbons (Fsp3) is 0.630. The van der Waals surface area contributed by atoms with E-state index in [4.69, 9.17) is 19.7 Å². The Balaban J connectivity index is 1.53. The molecule has 4 atom stereocenters. The number of anilines is 2. The lowest BCUT2D eigenvalue weighted by Gasteiger charge is -2.34. The first-order valence-electron chi connectivity index (χ1n) is 13.5. The van der Waals surface area contributed by atoms with Gasteiger partial charge in [-0.25, -0.2) is 9.97 Å². The molecule has 0 spiro atoms. The number of hydrogen-bond donors (Lipinski definition) is 5. The first-order chi connectivity index (χ1) is 18.2. The van der Waals surface area contributed by atoms with E-state index in [1.807, 2.05) is 33.8 Å². The number of ether oxygens (including phenoxy) is 1. The highest BCUT2D eigenvalue weighted by Gasteiger charge is 2.50. The molecule has 5 rings (SSSR count). The smallest absolute Gasteiger partial charge is 0.225 e. The number of nitrogens with one attached hydrogen (secondary N) is 2. The summed E-state index contributed by atoms with van der Waals surface area (Å²) in [4.78, 5) is 18.9. The van der Waals surface area contributed by atoms with Crippen LogP contribution in [-0.2, 0) is 4.74 Å². The fourth-order valence-corrected chi connectivity index (χ4v) is 6.88. The molecule has 10 nitrogen and oxygen atoms in total. The van der Waals surface area contributed by atoms with Gasteiger partial charge in [0.2, 0.25) is 5.95 Å². The van der Waals surface area contributed by atoms with Crippen molar-refractivity contribution in [2.45, 2.75) is 89.7 Å². The Labute approximate surface area is 226 Å². The standard InChI is InChI=1S/C27H38N6O4S/c1-5-27(36,6-2)17-13-18(23(35)22(17)34)31-24-20(25-32-21-15(4)28-10-7-19(21)38-25)14(3)29-26(33-24)30-16-8-11-37-12-9-16/h7,10,16-18,22-23,34-36H,5-6,8-9,11-13H2,1-4H3,(H2,29,30,31,33)/t17-,18+,22+,23-/m0/s1. The zero-order valence-electron chi connectivity index (χ0n) is 22.4. The van der Waals surface area contributed by atoms with Crippen LogP contribution in [0, 0.1) is 19.8 Å². The molecule has 0 amide bonds. The molecule has 0 aromatic carbocycles. The Kier molecular flexibility index (Phi) is 7.84. The maximum atomic E-state index is 11.2. The van der Waals surface area contributed by atoms with Gasteiger partial charge in [0, 0.05) is 31.4 Å². The quantitative estimate of drug-likeness (QED) is 0.287. The van der Waals surface area contributed by atoms with Crippen molar-refractivity contribution in [3.05, 3.63) is 23.7 Å². The van der Waals surface area contributed by atoms with E-state index in [0.717, 1.165) is 45.0 Å². The normalized spacial score (nSPS) is 24.7. The van der Waals surface area contributed by atoms with Gasteiger partial charge in [-0.05, 0) is 52.0 Å². The lowest BCUT2D eigenvalue weighted by molar-refractivity contribution is -0.0843. The van der Waals surface area contributed by atoms with Crippen molar-refractivity contribution < 1.29 is 20.1 Å². The van der Waals surface area contributed by atoms with Crippen LogP contribution in [0.15, 0.2) is 12.3 Å². The van der Waals surface area contributed by atoms with Gasteiger partial charge in [-0.2, -0.15) is 4.98 Å². The number of fused-ring (bicyclic) bond motifs is 1. The molecule has 3 aromatic rings. The average Bonchev–Trinajstić information content (AvgIpc) is 3.46. The third-order valence-electron chi connectivity index (χ3n) is 8.27. The van der Waals surface area contributed by atoms with Crippen molar-refractivity contribution in [3.63, 3.8) is 0 Å². The summed E-state index contributed by atoms with van der Waals surface area (Å²) in [7, 11) is 0. The maximum absolute atomic E-state index is 11.2. The molecule has 0 radical (unpaired) electrons. The molecule has 0 unspecified atom stereocenters. The molecular weight excluding hydrogens is 504 g/mol. The summed E-state index contributed by atoms with van der Waals surface area (Å²) in [5.41, 5.74) is 2.16. The number of thiazole rings is 1. The molecule has 38 heavy (non-hydrogen) atoms. The lowest BCUT2D eigenvalue weighted by Crippen LogP contribution is -2.43. The summed E-state index contributed by atoms with van der Waals surface area (Å²) in [6.45, 7) is 9.09. The summed E-state index contributed by atoms with van der Waals surface area (Å²) in [5, 5.41) is 40.7. The number of aliphatic hydroxyl groups excluding tert-OH is 2. The van der Waals surface area contributed by atoms with Gasteiger partial charge in [0.25, 0.3) is 0 Å². The monoisotopic (exact) mass is 542 g/mol. The van der Waals surface area contributed by atoms with Crippen molar-refractivity contribution in [1.82, 2.24) is 19.9 Å². The molecule has 11 heteroatoms. The predicted octanol–water partition coefficient (Wildman–Crippen LogP) is 3.43. The van der Waals surface area contributed by atoms with Crippen LogP contribution in [0.3, 0.4) is 0 Å². The molecule has 3 aromatic heterocycles. The third kappa shape index (κ3) is 5.10. The number of aliphatic hydroxyl groups is 3. The number of pyridine rings is 1. The molecule has 0 bridgehead atoms.